The van der Waals surface area contributed by atoms with Gasteiger partial charge in [0.15, 0.2) is 0 Å². The van der Waals surface area contributed by atoms with E-state index < -0.39 is 0 Å². The Balaban J connectivity index is 1.87. The van der Waals surface area contributed by atoms with Gasteiger partial charge in [-0.25, -0.2) is 0 Å². The van der Waals surface area contributed by atoms with Crippen molar-refractivity contribution in [3.8, 4) is 5.75 Å². The van der Waals surface area contributed by atoms with Crippen LogP contribution in [-0.2, 0) is 4.74 Å². The standard InChI is InChI=1S/C13H17BrO2/c1-9-7-11(5-6-13(9)14)15-8-12-4-3-10(2)16-12/h5-7,10,12H,3-4,8H2,1-2H3. The van der Waals surface area contributed by atoms with Gasteiger partial charge in [-0.15, -0.1) is 0 Å². The molecule has 0 bridgehead atoms. The molecule has 2 nitrogen and oxygen atoms in total. The van der Waals surface area contributed by atoms with E-state index in [4.69, 9.17) is 9.47 Å². The molecule has 3 heteroatoms. The summed E-state index contributed by atoms with van der Waals surface area (Å²) in [6.45, 7) is 4.83. The minimum atomic E-state index is 0.263. The van der Waals surface area contributed by atoms with Crippen LogP contribution < -0.4 is 4.74 Å². The van der Waals surface area contributed by atoms with E-state index in [0.717, 1.165) is 23.1 Å². The molecule has 1 aliphatic rings. The maximum atomic E-state index is 5.73. The lowest BCUT2D eigenvalue weighted by Gasteiger charge is -2.13. The van der Waals surface area contributed by atoms with Crippen LogP contribution in [0.2, 0.25) is 0 Å². The zero-order valence-electron chi connectivity index (χ0n) is 9.70. The summed E-state index contributed by atoms with van der Waals surface area (Å²) in [5.41, 5.74) is 1.19. The fraction of sp³-hybridized carbons (Fsp3) is 0.538. The molecule has 0 spiro atoms. The number of hydrogen-bond acceptors (Lipinski definition) is 2. The third-order valence-corrected chi connectivity index (χ3v) is 3.77. The molecule has 0 radical (unpaired) electrons. The summed E-state index contributed by atoms with van der Waals surface area (Å²) >= 11 is 3.47. The first-order valence-corrected chi connectivity index (χ1v) is 6.49. The molecule has 1 fully saturated rings. The highest BCUT2D eigenvalue weighted by Gasteiger charge is 2.22. The number of rotatable bonds is 3. The van der Waals surface area contributed by atoms with E-state index in [2.05, 4.69) is 29.8 Å². The Morgan fingerprint density at radius 1 is 1.44 bits per heavy atom. The summed E-state index contributed by atoms with van der Waals surface area (Å²) in [4.78, 5) is 0. The summed E-state index contributed by atoms with van der Waals surface area (Å²) in [7, 11) is 0. The minimum absolute atomic E-state index is 0.263. The Bertz CT molecular complexity index is 365. The lowest BCUT2D eigenvalue weighted by Crippen LogP contribution is -2.17. The monoisotopic (exact) mass is 284 g/mol. The largest absolute Gasteiger partial charge is 0.491 e. The third kappa shape index (κ3) is 2.98. The molecule has 2 rings (SSSR count). The smallest absolute Gasteiger partial charge is 0.119 e. The second kappa shape index (κ2) is 5.19. The molecule has 16 heavy (non-hydrogen) atoms. The second-order valence-corrected chi connectivity index (χ2v) is 5.22. The van der Waals surface area contributed by atoms with E-state index in [-0.39, 0.29) is 6.10 Å². The van der Waals surface area contributed by atoms with E-state index >= 15 is 0 Å². The minimum Gasteiger partial charge on any atom is -0.491 e. The second-order valence-electron chi connectivity index (χ2n) is 4.37. The first-order chi connectivity index (χ1) is 7.65. The van der Waals surface area contributed by atoms with E-state index in [1.807, 2.05) is 18.2 Å². The van der Waals surface area contributed by atoms with E-state index in [0.29, 0.717) is 12.7 Å². The summed E-state index contributed by atoms with van der Waals surface area (Å²) in [5, 5.41) is 0. The molecule has 2 unspecified atom stereocenters. The maximum absolute atomic E-state index is 5.73. The van der Waals surface area contributed by atoms with Crippen LogP contribution in [0.5, 0.6) is 5.75 Å². The molecule has 88 valence electrons. The van der Waals surface area contributed by atoms with Crippen molar-refractivity contribution < 1.29 is 9.47 Å². The van der Waals surface area contributed by atoms with Gasteiger partial charge >= 0.3 is 0 Å². The molecule has 1 heterocycles. The molecule has 0 aromatic heterocycles. The van der Waals surface area contributed by atoms with Gasteiger partial charge in [-0.05, 0) is 50.5 Å². The maximum Gasteiger partial charge on any atom is 0.119 e. The van der Waals surface area contributed by atoms with Crippen LogP contribution in [0.15, 0.2) is 22.7 Å². The Morgan fingerprint density at radius 3 is 2.88 bits per heavy atom. The van der Waals surface area contributed by atoms with Crippen LogP contribution in [0.1, 0.15) is 25.3 Å². The van der Waals surface area contributed by atoms with Crippen LogP contribution >= 0.6 is 15.9 Å². The molecular weight excluding hydrogens is 268 g/mol. The fourth-order valence-corrected chi connectivity index (χ4v) is 2.15. The van der Waals surface area contributed by atoms with Gasteiger partial charge in [0.05, 0.1) is 12.2 Å². The van der Waals surface area contributed by atoms with Crippen molar-refractivity contribution in [3.05, 3.63) is 28.2 Å². The van der Waals surface area contributed by atoms with Gasteiger partial charge in [0.1, 0.15) is 12.4 Å². The van der Waals surface area contributed by atoms with Crippen LogP contribution in [0.25, 0.3) is 0 Å². The molecule has 1 saturated heterocycles. The van der Waals surface area contributed by atoms with Crippen molar-refractivity contribution in [2.75, 3.05) is 6.61 Å². The van der Waals surface area contributed by atoms with Gasteiger partial charge in [0.25, 0.3) is 0 Å². The Labute approximate surface area is 105 Å². The quantitative estimate of drug-likeness (QED) is 0.843. The zero-order chi connectivity index (χ0) is 11.5. The average Bonchev–Trinajstić information content (AvgIpc) is 2.66. The number of aryl methyl sites for hydroxylation is 1. The molecule has 0 aliphatic carbocycles. The lowest BCUT2D eigenvalue weighted by molar-refractivity contribution is 0.0264. The number of hydrogen-bond donors (Lipinski definition) is 0. The number of halogens is 1. The molecule has 2 atom stereocenters. The molecule has 0 saturated carbocycles. The molecular formula is C13H17BrO2. The summed E-state index contributed by atoms with van der Waals surface area (Å²) in [5.74, 6) is 0.920. The van der Waals surface area contributed by atoms with Crippen LogP contribution in [0.3, 0.4) is 0 Å². The first-order valence-electron chi connectivity index (χ1n) is 5.69. The number of ether oxygens (including phenoxy) is 2. The van der Waals surface area contributed by atoms with Gasteiger partial charge in [-0.2, -0.15) is 0 Å². The molecule has 1 aromatic rings. The van der Waals surface area contributed by atoms with E-state index in [9.17, 15) is 0 Å². The van der Waals surface area contributed by atoms with Crippen molar-refractivity contribution >= 4 is 15.9 Å². The highest BCUT2D eigenvalue weighted by molar-refractivity contribution is 9.10. The Morgan fingerprint density at radius 2 is 2.25 bits per heavy atom. The Kier molecular flexibility index (Phi) is 3.87. The summed E-state index contributed by atoms with van der Waals surface area (Å²) < 4.78 is 12.5. The van der Waals surface area contributed by atoms with Crippen LogP contribution in [0.4, 0.5) is 0 Å². The SMILES string of the molecule is Cc1cc(OCC2CCC(C)O2)ccc1Br. The molecule has 1 aliphatic heterocycles. The summed E-state index contributed by atoms with van der Waals surface area (Å²) in [6, 6.07) is 6.04. The van der Waals surface area contributed by atoms with Gasteiger partial charge in [-0.1, -0.05) is 15.9 Å². The highest BCUT2D eigenvalue weighted by Crippen LogP contribution is 2.23. The van der Waals surface area contributed by atoms with Gasteiger partial charge in [-0.3, -0.25) is 0 Å². The first kappa shape index (κ1) is 11.9. The topological polar surface area (TPSA) is 18.5 Å². The van der Waals surface area contributed by atoms with Gasteiger partial charge < -0.3 is 9.47 Å². The molecule has 1 aromatic carbocycles. The lowest BCUT2D eigenvalue weighted by atomic mass is 10.2. The Hall–Kier alpha value is -0.540. The van der Waals surface area contributed by atoms with Crippen LogP contribution in [0, 0.1) is 6.92 Å². The zero-order valence-corrected chi connectivity index (χ0v) is 11.3. The molecule has 0 amide bonds. The average molecular weight is 285 g/mol. The van der Waals surface area contributed by atoms with Crippen molar-refractivity contribution in [1.82, 2.24) is 0 Å². The fourth-order valence-electron chi connectivity index (χ4n) is 1.90. The van der Waals surface area contributed by atoms with Crippen molar-refractivity contribution in [2.24, 2.45) is 0 Å². The van der Waals surface area contributed by atoms with Gasteiger partial charge in [0.2, 0.25) is 0 Å². The summed E-state index contributed by atoms with van der Waals surface area (Å²) in [6.07, 6.45) is 2.91. The predicted octanol–water partition coefficient (Wildman–Crippen LogP) is 3.70. The third-order valence-electron chi connectivity index (χ3n) is 2.89. The van der Waals surface area contributed by atoms with Crippen LogP contribution in [-0.4, -0.2) is 18.8 Å². The van der Waals surface area contributed by atoms with Crippen molar-refractivity contribution in [1.29, 1.82) is 0 Å². The van der Waals surface area contributed by atoms with E-state index in [1.54, 1.807) is 0 Å². The predicted molar refractivity (Wildman–Crippen MR) is 67.9 cm³/mol. The van der Waals surface area contributed by atoms with Crippen molar-refractivity contribution in [3.63, 3.8) is 0 Å². The van der Waals surface area contributed by atoms with E-state index in [1.165, 1.54) is 5.56 Å². The van der Waals surface area contributed by atoms with Crippen molar-refractivity contribution in [2.45, 2.75) is 38.9 Å². The highest BCUT2D eigenvalue weighted by atomic mass is 79.9. The van der Waals surface area contributed by atoms with Gasteiger partial charge in [0, 0.05) is 4.47 Å². The normalized spacial score (nSPS) is 24.7. The molecule has 0 N–H and O–H groups in total. The number of benzene rings is 1.